The van der Waals surface area contributed by atoms with Crippen LogP contribution in [0.15, 0.2) is 60.7 Å². The highest BCUT2D eigenvalue weighted by Gasteiger charge is 2.16. The van der Waals surface area contributed by atoms with Crippen molar-refractivity contribution in [2.24, 2.45) is 0 Å². The van der Waals surface area contributed by atoms with Crippen LogP contribution in [0.1, 0.15) is 26.3 Å². The zero-order chi connectivity index (χ0) is 22.4. The minimum atomic E-state index is -1.09. The van der Waals surface area contributed by atoms with Crippen LogP contribution in [0.4, 0.5) is 17.1 Å². The molecule has 0 saturated heterocycles. The Balaban J connectivity index is 1.71. The summed E-state index contributed by atoms with van der Waals surface area (Å²) in [6.07, 6.45) is 0. The standard InChI is InChI=1S/C23H23N3O5/c1-30-20-11-16(23(28)29)19(12-21(20)31-2)25-13-14-7-9-15(10-8-14)22(27)26-18-6-4-3-5-17(18)24/h3-12,25H,13,24H2,1-2H3,(H,26,27)(H,28,29). The monoisotopic (exact) mass is 421 g/mol. The van der Waals surface area contributed by atoms with Crippen molar-refractivity contribution in [2.75, 3.05) is 30.6 Å². The highest BCUT2D eigenvalue weighted by Crippen LogP contribution is 2.33. The highest BCUT2D eigenvalue weighted by molar-refractivity contribution is 6.05. The number of nitrogen functional groups attached to an aromatic ring is 1. The average molecular weight is 421 g/mol. The number of carboxylic acids is 1. The number of methoxy groups -OCH3 is 2. The summed E-state index contributed by atoms with van der Waals surface area (Å²) in [5.74, 6) is -0.608. The lowest BCUT2D eigenvalue weighted by Crippen LogP contribution is -2.13. The molecule has 0 aliphatic rings. The van der Waals surface area contributed by atoms with Crippen molar-refractivity contribution in [1.82, 2.24) is 0 Å². The maximum atomic E-state index is 12.4. The summed E-state index contributed by atoms with van der Waals surface area (Å²) in [6.45, 7) is 0.350. The van der Waals surface area contributed by atoms with E-state index in [2.05, 4.69) is 10.6 Å². The van der Waals surface area contributed by atoms with E-state index < -0.39 is 5.97 Å². The second-order valence-corrected chi connectivity index (χ2v) is 6.65. The van der Waals surface area contributed by atoms with Crippen molar-refractivity contribution >= 4 is 28.9 Å². The smallest absolute Gasteiger partial charge is 0.337 e. The molecule has 8 nitrogen and oxygen atoms in total. The average Bonchev–Trinajstić information content (AvgIpc) is 2.78. The maximum absolute atomic E-state index is 12.4. The Morgan fingerprint density at radius 2 is 1.58 bits per heavy atom. The Hall–Kier alpha value is -4.20. The zero-order valence-electron chi connectivity index (χ0n) is 17.1. The summed E-state index contributed by atoms with van der Waals surface area (Å²) in [7, 11) is 2.93. The van der Waals surface area contributed by atoms with Crippen LogP contribution >= 0.6 is 0 Å². The second-order valence-electron chi connectivity index (χ2n) is 6.65. The first-order valence-electron chi connectivity index (χ1n) is 9.41. The number of carboxylic acid groups (broad SMARTS) is 1. The normalized spacial score (nSPS) is 10.3. The molecule has 0 radical (unpaired) electrons. The molecule has 0 spiro atoms. The van der Waals surface area contributed by atoms with Gasteiger partial charge in [0.05, 0.1) is 36.8 Å². The van der Waals surface area contributed by atoms with Crippen LogP contribution < -0.4 is 25.8 Å². The van der Waals surface area contributed by atoms with E-state index in [-0.39, 0.29) is 11.5 Å². The Morgan fingerprint density at radius 1 is 0.935 bits per heavy atom. The fraction of sp³-hybridized carbons (Fsp3) is 0.130. The van der Waals surface area contributed by atoms with Gasteiger partial charge >= 0.3 is 5.97 Å². The van der Waals surface area contributed by atoms with Crippen LogP contribution in [-0.4, -0.2) is 31.2 Å². The van der Waals surface area contributed by atoms with Gasteiger partial charge in [-0.05, 0) is 29.8 Å². The van der Waals surface area contributed by atoms with Crippen molar-refractivity contribution in [3.8, 4) is 11.5 Å². The first kappa shape index (κ1) is 21.5. The van der Waals surface area contributed by atoms with Crippen LogP contribution in [-0.2, 0) is 6.54 Å². The molecule has 0 saturated carbocycles. The summed E-state index contributed by atoms with van der Waals surface area (Å²) in [5, 5.41) is 15.4. The number of aromatic carboxylic acids is 1. The Kier molecular flexibility index (Phi) is 6.61. The van der Waals surface area contributed by atoms with Gasteiger partial charge in [0.2, 0.25) is 0 Å². The third-order valence-electron chi connectivity index (χ3n) is 4.66. The fourth-order valence-corrected chi connectivity index (χ4v) is 2.98. The predicted octanol–water partition coefficient (Wildman–Crippen LogP) is 3.85. The van der Waals surface area contributed by atoms with Gasteiger partial charge in [0.15, 0.2) is 11.5 Å². The van der Waals surface area contributed by atoms with Crippen molar-refractivity contribution in [1.29, 1.82) is 0 Å². The lowest BCUT2D eigenvalue weighted by molar-refractivity contribution is 0.0697. The number of hydrogen-bond donors (Lipinski definition) is 4. The molecule has 160 valence electrons. The SMILES string of the molecule is COc1cc(NCc2ccc(C(=O)Nc3ccccc3N)cc2)c(C(=O)O)cc1OC. The van der Waals surface area contributed by atoms with Crippen LogP contribution in [0, 0.1) is 0 Å². The van der Waals surface area contributed by atoms with E-state index in [4.69, 9.17) is 15.2 Å². The summed E-state index contributed by atoms with van der Waals surface area (Å²) >= 11 is 0. The third-order valence-corrected chi connectivity index (χ3v) is 4.66. The molecule has 3 rings (SSSR count). The minimum Gasteiger partial charge on any atom is -0.493 e. The number of carbonyl (C=O) groups excluding carboxylic acids is 1. The van der Waals surface area contributed by atoms with Gasteiger partial charge in [0.1, 0.15) is 0 Å². The Morgan fingerprint density at radius 3 is 2.19 bits per heavy atom. The van der Waals surface area contributed by atoms with Gasteiger partial charge in [-0.15, -0.1) is 0 Å². The van der Waals surface area contributed by atoms with E-state index in [1.54, 1.807) is 54.6 Å². The molecule has 31 heavy (non-hydrogen) atoms. The minimum absolute atomic E-state index is 0.0640. The largest absolute Gasteiger partial charge is 0.493 e. The number of nitrogens with two attached hydrogens (primary N) is 1. The van der Waals surface area contributed by atoms with Gasteiger partial charge in [-0.25, -0.2) is 4.79 Å². The van der Waals surface area contributed by atoms with E-state index in [9.17, 15) is 14.7 Å². The van der Waals surface area contributed by atoms with Crippen LogP contribution in [0.25, 0.3) is 0 Å². The maximum Gasteiger partial charge on any atom is 0.337 e. The van der Waals surface area contributed by atoms with E-state index in [1.165, 1.54) is 20.3 Å². The van der Waals surface area contributed by atoms with Crippen LogP contribution in [0.2, 0.25) is 0 Å². The number of nitrogens with one attached hydrogen (secondary N) is 2. The number of anilines is 3. The molecule has 5 N–H and O–H groups in total. The molecular formula is C23H23N3O5. The van der Waals surface area contributed by atoms with Crippen molar-refractivity contribution < 1.29 is 24.2 Å². The number of ether oxygens (including phenoxy) is 2. The fourth-order valence-electron chi connectivity index (χ4n) is 2.98. The summed E-state index contributed by atoms with van der Waals surface area (Å²) in [5.41, 5.74) is 8.69. The first-order valence-corrected chi connectivity index (χ1v) is 9.41. The topological polar surface area (TPSA) is 123 Å². The van der Waals surface area contributed by atoms with Crippen molar-refractivity contribution in [3.05, 3.63) is 77.4 Å². The highest BCUT2D eigenvalue weighted by atomic mass is 16.5. The van der Waals surface area contributed by atoms with Gasteiger partial charge < -0.3 is 30.9 Å². The zero-order valence-corrected chi connectivity index (χ0v) is 17.1. The lowest BCUT2D eigenvalue weighted by Gasteiger charge is -2.14. The molecule has 0 aromatic heterocycles. The summed E-state index contributed by atoms with van der Waals surface area (Å²) in [4.78, 5) is 24.0. The summed E-state index contributed by atoms with van der Waals surface area (Å²) < 4.78 is 10.4. The molecular weight excluding hydrogens is 398 g/mol. The van der Waals surface area contributed by atoms with Gasteiger partial charge in [-0.2, -0.15) is 0 Å². The molecule has 8 heteroatoms. The first-order chi connectivity index (χ1) is 14.9. The molecule has 0 atom stereocenters. The molecule has 0 unspecified atom stereocenters. The molecule has 3 aromatic carbocycles. The number of amides is 1. The Bertz CT molecular complexity index is 1100. The molecule has 3 aromatic rings. The molecule has 0 bridgehead atoms. The van der Waals surface area contributed by atoms with Gasteiger partial charge in [-0.3, -0.25) is 4.79 Å². The molecule has 0 fully saturated rings. The van der Waals surface area contributed by atoms with E-state index in [1.807, 2.05) is 0 Å². The van der Waals surface area contributed by atoms with Gasteiger partial charge in [-0.1, -0.05) is 24.3 Å². The number of para-hydroxylation sites is 2. The molecule has 0 heterocycles. The van der Waals surface area contributed by atoms with E-state index >= 15 is 0 Å². The molecule has 0 aliphatic heterocycles. The predicted molar refractivity (Wildman–Crippen MR) is 119 cm³/mol. The second kappa shape index (κ2) is 9.53. The van der Waals surface area contributed by atoms with Crippen LogP contribution in [0.3, 0.4) is 0 Å². The van der Waals surface area contributed by atoms with Crippen molar-refractivity contribution in [3.63, 3.8) is 0 Å². The van der Waals surface area contributed by atoms with E-state index in [0.29, 0.717) is 40.7 Å². The molecule has 1 amide bonds. The number of carbonyl (C=O) groups is 2. The third kappa shape index (κ3) is 5.05. The van der Waals surface area contributed by atoms with Crippen LogP contribution in [0.5, 0.6) is 11.5 Å². The quantitative estimate of drug-likeness (QED) is 0.407. The lowest BCUT2D eigenvalue weighted by atomic mass is 10.1. The van der Waals surface area contributed by atoms with Gasteiger partial charge in [0.25, 0.3) is 5.91 Å². The number of rotatable bonds is 8. The van der Waals surface area contributed by atoms with E-state index in [0.717, 1.165) is 5.56 Å². The Labute approximate surface area is 179 Å². The number of benzene rings is 3. The summed E-state index contributed by atoms with van der Waals surface area (Å²) in [6, 6.07) is 17.0. The van der Waals surface area contributed by atoms with Gasteiger partial charge in [0, 0.05) is 24.2 Å². The number of hydrogen-bond acceptors (Lipinski definition) is 6. The molecule has 0 aliphatic carbocycles. The van der Waals surface area contributed by atoms with Crippen molar-refractivity contribution in [2.45, 2.75) is 6.54 Å².